The lowest BCUT2D eigenvalue weighted by Gasteiger charge is -2.11. The summed E-state index contributed by atoms with van der Waals surface area (Å²) < 4.78 is 11.1. The van der Waals surface area contributed by atoms with Gasteiger partial charge in [-0.05, 0) is 36.8 Å². The Hall–Kier alpha value is -2.23. The SMILES string of the molecule is CNc1ccnc(COc2ccc(C)cc2OC)c1. The van der Waals surface area contributed by atoms with Crippen LogP contribution in [0.15, 0.2) is 36.5 Å². The van der Waals surface area contributed by atoms with Gasteiger partial charge >= 0.3 is 0 Å². The molecule has 4 nitrogen and oxygen atoms in total. The van der Waals surface area contributed by atoms with Crippen LogP contribution < -0.4 is 14.8 Å². The summed E-state index contributed by atoms with van der Waals surface area (Å²) in [4.78, 5) is 4.27. The summed E-state index contributed by atoms with van der Waals surface area (Å²) in [5.74, 6) is 1.47. The van der Waals surface area contributed by atoms with Gasteiger partial charge in [0.15, 0.2) is 11.5 Å². The summed E-state index contributed by atoms with van der Waals surface area (Å²) in [5.41, 5.74) is 3.03. The molecule has 0 amide bonds. The summed E-state index contributed by atoms with van der Waals surface area (Å²) >= 11 is 0. The highest BCUT2D eigenvalue weighted by Crippen LogP contribution is 2.28. The van der Waals surface area contributed by atoms with Crippen LogP contribution >= 0.6 is 0 Å². The number of methoxy groups -OCH3 is 1. The van der Waals surface area contributed by atoms with E-state index in [0.29, 0.717) is 6.61 Å². The number of pyridine rings is 1. The third-order valence-electron chi connectivity index (χ3n) is 2.80. The second-order valence-corrected chi connectivity index (χ2v) is 4.23. The van der Waals surface area contributed by atoms with Crippen molar-refractivity contribution < 1.29 is 9.47 Å². The summed E-state index contributed by atoms with van der Waals surface area (Å²) in [6, 6.07) is 9.73. The topological polar surface area (TPSA) is 43.4 Å². The summed E-state index contributed by atoms with van der Waals surface area (Å²) in [7, 11) is 3.52. The van der Waals surface area contributed by atoms with Gasteiger partial charge in [-0.15, -0.1) is 0 Å². The van der Waals surface area contributed by atoms with Gasteiger partial charge < -0.3 is 14.8 Å². The molecule has 0 saturated heterocycles. The van der Waals surface area contributed by atoms with Crippen molar-refractivity contribution in [3.05, 3.63) is 47.8 Å². The second-order valence-electron chi connectivity index (χ2n) is 4.23. The number of rotatable bonds is 5. The van der Waals surface area contributed by atoms with Crippen LogP contribution in [0.2, 0.25) is 0 Å². The van der Waals surface area contributed by atoms with Crippen LogP contribution in [-0.2, 0) is 6.61 Å². The van der Waals surface area contributed by atoms with E-state index in [-0.39, 0.29) is 0 Å². The predicted molar refractivity (Wildman–Crippen MR) is 75.8 cm³/mol. The van der Waals surface area contributed by atoms with Gasteiger partial charge in [0.1, 0.15) is 6.61 Å². The van der Waals surface area contributed by atoms with Crippen LogP contribution in [0.1, 0.15) is 11.3 Å². The molecule has 0 atom stereocenters. The highest BCUT2D eigenvalue weighted by atomic mass is 16.5. The van der Waals surface area contributed by atoms with Gasteiger partial charge in [-0.3, -0.25) is 4.98 Å². The molecule has 0 saturated carbocycles. The lowest BCUT2D eigenvalue weighted by molar-refractivity contribution is 0.280. The number of benzene rings is 1. The monoisotopic (exact) mass is 258 g/mol. The molecule has 0 radical (unpaired) electrons. The van der Waals surface area contributed by atoms with Crippen molar-refractivity contribution in [2.75, 3.05) is 19.5 Å². The lowest BCUT2D eigenvalue weighted by atomic mass is 10.2. The zero-order chi connectivity index (χ0) is 13.7. The Labute approximate surface area is 113 Å². The normalized spacial score (nSPS) is 10.1. The molecule has 0 aliphatic heterocycles. The Balaban J connectivity index is 2.09. The first-order chi connectivity index (χ1) is 9.22. The van der Waals surface area contributed by atoms with Crippen LogP contribution in [0.25, 0.3) is 0 Å². The molecular formula is C15H18N2O2. The molecule has 0 aliphatic rings. The van der Waals surface area contributed by atoms with E-state index in [1.54, 1.807) is 13.3 Å². The average molecular weight is 258 g/mol. The molecule has 0 unspecified atom stereocenters. The largest absolute Gasteiger partial charge is 0.493 e. The van der Waals surface area contributed by atoms with Crippen molar-refractivity contribution in [2.45, 2.75) is 13.5 Å². The second kappa shape index (κ2) is 6.09. The Morgan fingerprint density at radius 2 is 2.00 bits per heavy atom. The summed E-state index contributed by atoms with van der Waals surface area (Å²) in [5, 5.41) is 3.08. The van der Waals surface area contributed by atoms with Crippen molar-refractivity contribution in [1.82, 2.24) is 4.98 Å². The van der Waals surface area contributed by atoms with E-state index < -0.39 is 0 Å². The molecule has 1 aromatic heterocycles. The quantitative estimate of drug-likeness (QED) is 0.895. The molecule has 0 bridgehead atoms. The van der Waals surface area contributed by atoms with Gasteiger partial charge in [-0.25, -0.2) is 0 Å². The third kappa shape index (κ3) is 3.37. The molecule has 1 heterocycles. The molecule has 2 rings (SSSR count). The zero-order valence-electron chi connectivity index (χ0n) is 11.4. The smallest absolute Gasteiger partial charge is 0.161 e. The molecule has 1 N–H and O–H groups in total. The van der Waals surface area contributed by atoms with Crippen molar-refractivity contribution in [1.29, 1.82) is 0 Å². The first kappa shape index (κ1) is 13.2. The van der Waals surface area contributed by atoms with Crippen LogP contribution in [0.3, 0.4) is 0 Å². The number of aromatic nitrogens is 1. The van der Waals surface area contributed by atoms with Crippen molar-refractivity contribution in [2.24, 2.45) is 0 Å². The van der Waals surface area contributed by atoms with E-state index in [1.807, 2.05) is 44.3 Å². The van der Waals surface area contributed by atoms with Gasteiger partial charge in [-0.1, -0.05) is 6.07 Å². The number of hydrogen-bond donors (Lipinski definition) is 1. The number of ether oxygens (including phenoxy) is 2. The van der Waals surface area contributed by atoms with Gasteiger partial charge in [0.25, 0.3) is 0 Å². The maximum absolute atomic E-state index is 5.75. The van der Waals surface area contributed by atoms with Crippen molar-refractivity contribution in [3.8, 4) is 11.5 Å². The molecule has 0 spiro atoms. The minimum absolute atomic E-state index is 0.412. The number of hydrogen-bond acceptors (Lipinski definition) is 4. The Kier molecular flexibility index (Phi) is 4.23. The molecule has 1 aromatic carbocycles. The lowest BCUT2D eigenvalue weighted by Crippen LogP contribution is -2.01. The Morgan fingerprint density at radius 3 is 2.74 bits per heavy atom. The highest BCUT2D eigenvalue weighted by molar-refractivity contribution is 5.44. The Morgan fingerprint density at radius 1 is 1.16 bits per heavy atom. The highest BCUT2D eigenvalue weighted by Gasteiger charge is 2.05. The van der Waals surface area contributed by atoms with Crippen LogP contribution in [-0.4, -0.2) is 19.1 Å². The molecule has 100 valence electrons. The maximum Gasteiger partial charge on any atom is 0.161 e. The fraction of sp³-hybridized carbons (Fsp3) is 0.267. The predicted octanol–water partition coefficient (Wildman–Crippen LogP) is 3.02. The minimum Gasteiger partial charge on any atom is -0.493 e. The summed E-state index contributed by atoms with van der Waals surface area (Å²) in [6.45, 7) is 2.43. The standard InChI is InChI=1S/C15H18N2O2/c1-11-4-5-14(15(8-11)18-3)19-10-13-9-12(16-2)6-7-17-13/h4-9H,10H2,1-3H3,(H,16,17). The minimum atomic E-state index is 0.412. The van der Waals surface area contributed by atoms with E-state index in [9.17, 15) is 0 Å². The van der Waals surface area contributed by atoms with Crippen LogP contribution in [0.5, 0.6) is 11.5 Å². The van der Waals surface area contributed by atoms with Gasteiger partial charge in [0, 0.05) is 18.9 Å². The molecule has 0 aliphatic carbocycles. The fourth-order valence-electron chi connectivity index (χ4n) is 1.76. The van der Waals surface area contributed by atoms with Crippen molar-refractivity contribution in [3.63, 3.8) is 0 Å². The van der Waals surface area contributed by atoms with Crippen LogP contribution in [0.4, 0.5) is 5.69 Å². The zero-order valence-corrected chi connectivity index (χ0v) is 11.4. The van der Waals surface area contributed by atoms with E-state index in [2.05, 4.69) is 10.3 Å². The number of nitrogens with one attached hydrogen (secondary N) is 1. The van der Waals surface area contributed by atoms with Gasteiger partial charge in [0.2, 0.25) is 0 Å². The molecule has 19 heavy (non-hydrogen) atoms. The van der Waals surface area contributed by atoms with E-state index in [4.69, 9.17) is 9.47 Å². The fourth-order valence-corrected chi connectivity index (χ4v) is 1.76. The van der Waals surface area contributed by atoms with E-state index in [0.717, 1.165) is 28.4 Å². The van der Waals surface area contributed by atoms with Crippen LogP contribution in [0, 0.1) is 6.92 Å². The average Bonchev–Trinajstić information content (AvgIpc) is 2.46. The molecule has 4 heteroatoms. The molecule has 2 aromatic rings. The number of aryl methyl sites for hydroxylation is 1. The van der Waals surface area contributed by atoms with E-state index >= 15 is 0 Å². The first-order valence-electron chi connectivity index (χ1n) is 6.13. The third-order valence-corrected chi connectivity index (χ3v) is 2.80. The number of anilines is 1. The number of nitrogens with zero attached hydrogens (tertiary/aromatic N) is 1. The van der Waals surface area contributed by atoms with Gasteiger partial charge in [0.05, 0.1) is 12.8 Å². The molecule has 0 fully saturated rings. The van der Waals surface area contributed by atoms with Crippen molar-refractivity contribution >= 4 is 5.69 Å². The maximum atomic E-state index is 5.75. The van der Waals surface area contributed by atoms with E-state index in [1.165, 1.54) is 0 Å². The molecular weight excluding hydrogens is 240 g/mol. The van der Waals surface area contributed by atoms with Gasteiger partial charge in [-0.2, -0.15) is 0 Å². The first-order valence-corrected chi connectivity index (χ1v) is 6.13. The summed E-state index contributed by atoms with van der Waals surface area (Å²) in [6.07, 6.45) is 1.76. The Bertz CT molecular complexity index is 556.